The van der Waals surface area contributed by atoms with Crippen molar-refractivity contribution in [3.8, 4) is 5.75 Å². The number of aliphatic carboxylic acids is 1. The number of carboxylic acids is 1. The number of nitrogens with two attached hydrogens (primary N) is 1. The van der Waals surface area contributed by atoms with Crippen LogP contribution in [0.3, 0.4) is 0 Å². The van der Waals surface area contributed by atoms with Gasteiger partial charge in [0.05, 0.1) is 6.42 Å². The monoisotopic (exact) mass is 356 g/mol. The molecule has 1 aromatic carbocycles. The van der Waals surface area contributed by atoms with Gasteiger partial charge in [-0.3, -0.25) is 4.79 Å². The molecule has 1 atom stereocenters. The lowest BCUT2D eigenvalue weighted by molar-refractivity contribution is -0.137. The Morgan fingerprint density at radius 3 is 2.67 bits per heavy atom. The van der Waals surface area contributed by atoms with Crippen LogP contribution < -0.4 is 10.5 Å². The average molecular weight is 357 g/mol. The van der Waals surface area contributed by atoms with Crippen molar-refractivity contribution in [2.24, 2.45) is 5.73 Å². The van der Waals surface area contributed by atoms with Crippen LogP contribution in [-0.4, -0.2) is 47.1 Å². The fourth-order valence-electron chi connectivity index (χ4n) is 2.34. The zero-order valence-corrected chi connectivity index (χ0v) is 14.9. The molecule has 0 aliphatic carbocycles. The predicted molar refractivity (Wildman–Crippen MR) is 93.7 cm³/mol. The van der Waals surface area contributed by atoms with Crippen molar-refractivity contribution in [2.45, 2.75) is 39.2 Å². The number of benzene rings is 1. The molecule has 0 bridgehead atoms. The van der Waals surface area contributed by atoms with E-state index in [1.54, 1.807) is 17.0 Å². The van der Waals surface area contributed by atoms with Gasteiger partial charge in [-0.25, -0.2) is 4.79 Å². The third kappa shape index (κ3) is 6.76. The van der Waals surface area contributed by atoms with E-state index in [1.807, 2.05) is 19.9 Å². The molecule has 7 heteroatoms. The standard InChI is InChI=1S/C17H25ClN2O4/c1-3-7-20(8-6-18)17(23)24-15-5-4-12(2)13(10-15)9-14(19)11-16(21)22/h4-5,10,14H,3,6-9,11,19H2,1-2H3,(H,21,22). The highest BCUT2D eigenvalue weighted by atomic mass is 35.5. The van der Waals surface area contributed by atoms with E-state index in [2.05, 4.69) is 0 Å². The van der Waals surface area contributed by atoms with E-state index in [1.165, 1.54) is 0 Å². The number of hydrogen-bond donors (Lipinski definition) is 2. The van der Waals surface area contributed by atoms with Crippen molar-refractivity contribution >= 4 is 23.7 Å². The van der Waals surface area contributed by atoms with Gasteiger partial charge in [-0.05, 0) is 43.0 Å². The smallest absolute Gasteiger partial charge is 0.415 e. The molecule has 0 aliphatic heterocycles. The second-order valence-corrected chi connectivity index (χ2v) is 6.07. The maximum atomic E-state index is 12.2. The number of hydrogen-bond acceptors (Lipinski definition) is 4. The molecule has 0 saturated heterocycles. The van der Waals surface area contributed by atoms with Crippen molar-refractivity contribution in [1.82, 2.24) is 4.90 Å². The first kappa shape index (κ1) is 20.3. The summed E-state index contributed by atoms with van der Waals surface area (Å²) < 4.78 is 5.41. The van der Waals surface area contributed by atoms with Crippen LogP contribution in [0.15, 0.2) is 18.2 Å². The van der Waals surface area contributed by atoms with Crippen molar-refractivity contribution in [1.29, 1.82) is 0 Å². The number of rotatable bonds is 9. The molecule has 1 rings (SSSR count). The van der Waals surface area contributed by atoms with Gasteiger partial charge < -0.3 is 20.5 Å². The molecule has 0 radical (unpaired) electrons. The van der Waals surface area contributed by atoms with Gasteiger partial charge in [-0.1, -0.05) is 13.0 Å². The van der Waals surface area contributed by atoms with Crippen molar-refractivity contribution < 1.29 is 19.4 Å². The maximum absolute atomic E-state index is 12.2. The van der Waals surface area contributed by atoms with E-state index in [-0.39, 0.29) is 6.42 Å². The van der Waals surface area contributed by atoms with Crippen molar-refractivity contribution in [3.63, 3.8) is 0 Å². The minimum atomic E-state index is -0.931. The molecule has 1 amide bonds. The fraction of sp³-hybridized carbons (Fsp3) is 0.529. The van der Waals surface area contributed by atoms with Gasteiger partial charge in [0.15, 0.2) is 0 Å². The van der Waals surface area contributed by atoms with Crippen LogP contribution in [-0.2, 0) is 11.2 Å². The number of ether oxygens (including phenoxy) is 1. The van der Waals surface area contributed by atoms with Gasteiger partial charge >= 0.3 is 12.1 Å². The van der Waals surface area contributed by atoms with Crippen LogP contribution in [0.4, 0.5) is 4.79 Å². The summed E-state index contributed by atoms with van der Waals surface area (Å²) in [6, 6.07) is 4.79. The molecule has 0 aromatic heterocycles. The van der Waals surface area contributed by atoms with Crippen LogP contribution in [0.1, 0.15) is 30.9 Å². The SMILES string of the molecule is CCCN(CCCl)C(=O)Oc1ccc(C)c(CC(N)CC(=O)O)c1. The maximum Gasteiger partial charge on any atom is 0.415 e. The zero-order chi connectivity index (χ0) is 18.1. The predicted octanol–water partition coefficient (Wildman–Crippen LogP) is 2.79. The topological polar surface area (TPSA) is 92.9 Å². The molecule has 24 heavy (non-hydrogen) atoms. The minimum absolute atomic E-state index is 0.108. The van der Waals surface area contributed by atoms with E-state index in [9.17, 15) is 9.59 Å². The van der Waals surface area contributed by atoms with E-state index in [0.717, 1.165) is 17.5 Å². The molecule has 1 unspecified atom stereocenters. The van der Waals surface area contributed by atoms with Crippen molar-refractivity contribution in [2.75, 3.05) is 19.0 Å². The number of aryl methyl sites for hydroxylation is 1. The zero-order valence-electron chi connectivity index (χ0n) is 14.1. The third-order valence-corrected chi connectivity index (χ3v) is 3.72. The molecule has 0 heterocycles. The highest BCUT2D eigenvalue weighted by molar-refractivity contribution is 6.18. The number of nitrogens with zero attached hydrogens (tertiary/aromatic N) is 1. The Hall–Kier alpha value is -1.79. The van der Waals surface area contributed by atoms with E-state index in [0.29, 0.717) is 31.1 Å². The second-order valence-electron chi connectivity index (χ2n) is 5.69. The normalized spacial score (nSPS) is 11.8. The third-order valence-electron chi connectivity index (χ3n) is 3.55. The van der Waals surface area contributed by atoms with Crippen LogP contribution >= 0.6 is 11.6 Å². The van der Waals surface area contributed by atoms with Gasteiger partial charge in [0.25, 0.3) is 0 Å². The van der Waals surface area contributed by atoms with Gasteiger partial charge in [0.2, 0.25) is 0 Å². The minimum Gasteiger partial charge on any atom is -0.481 e. The van der Waals surface area contributed by atoms with Gasteiger partial charge in [0.1, 0.15) is 5.75 Å². The first-order chi connectivity index (χ1) is 11.4. The summed E-state index contributed by atoms with van der Waals surface area (Å²) in [5, 5.41) is 8.80. The Balaban J connectivity index is 2.80. The number of carbonyl (C=O) groups excluding carboxylic acids is 1. The lowest BCUT2D eigenvalue weighted by Crippen LogP contribution is -2.35. The number of carboxylic acid groups (broad SMARTS) is 1. The lowest BCUT2D eigenvalue weighted by Gasteiger charge is -2.20. The van der Waals surface area contributed by atoms with Crippen LogP contribution in [0.2, 0.25) is 0 Å². The van der Waals surface area contributed by atoms with Gasteiger partial charge in [-0.15, -0.1) is 11.6 Å². The van der Waals surface area contributed by atoms with Gasteiger partial charge in [-0.2, -0.15) is 0 Å². The Morgan fingerprint density at radius 1 is 1.38 bits per heavy atom. The van der Waals surface area contributed by atoms with E-state index >= 15 is 0 Å². The second kappa shape index (κ2) is 10.2. The molecule has 6 nitrogen and oxygen atoms in total. The number of amides is 1. The summed E-state index contributed by atoms with van der Waals surface area (Å²) >= 11 is 5.71. The van der Waals surface area contributed by atoms with Crippen LogP contribution in [0, 0.1) is 6.92 Å². The first-order valence-electron chi connectivity index (χ1n) is 7.97. The summed E-state index contributed by atoms with van der Waals surface area (Å²) in [7, 11) is 0. The summed E-state index contributed by atoms with van der Waals surface area (Å²) in [5.41, 5.74) is 7.69. The summed E-state index contributed by atoms with van der Waals surface area (Å²) in [5.74, 6) is -0.170. The van der Waals surface area contributed by atoms with E-state index < -0.39 is 18.1 Å². The Kier molecular flexibility index (Phi) is 8.57. The van der Waals surface area contributed by atoms with Crippen molar-refractivity contribution in [3.05, 3.63) is 29.3 Å². The molecule has 3 N–H and O–H groups in total. The lowest BCUT2D eigenvalue weighted by atomic mass is 9.99. The number of halogens is 1. The highest BCUT2D eigenvalue weighted by Gasteiger charge is 2.16. The first-order valence-corrected chi connectivity index (χ1v) is 8.50. The fourth-order valence-corrected chi connectivity index (χ4v) is 2.55. The molecule has 0 aliphatic rings. The van der Waals surface area contributed by atoms with Crippen LogP contribution in [0.5, 0.6) is 5.75 Å². The quantitative estimate of drug-likeness (QED) is 0.663. The molecule has 0 saturated carbocycles. The molecular weight excluding hydrogens is 332 g/mol. The van der Waals surface area contributed by atoms with Gasteiger partial charge in [0, 0.05) is 25.0 Å². The largest absolute Gasteiger partial charge is 0.481 e. The summed E-state index contributed by atoms with van der Waals surface area (Å²) in [6.07, 6.45) is 0.671. The molecule has 1 aromatic rings. The highest BCUT2D eigenvalue weighted by Crippen LogP contribution is 2.20. The number of alkyl halides is 1. The Labute approximate surface area is 147 Å². The summed E-state index contributed by atoms with van der Waals surface area (Å²) in [6.45, 7) is 4.89. The average Bonchev–Trinajstić information content (AvgIpc) is 2.49. The molecular formula is C17H25ClN2O4. The van der Waals surface area contributed by atoms with E-state index in [4.69, 9.17) is 27.2 Å². The Bertz CT molecular complexity index is 560. The Morgan fingerprint density at radius 2 is 2.08 bits per heavy atom. The molecule has 134 valence electrons. The summed E-state index contributed by atoms with van der Waals surface area (Å²) in [4.78, 5) is 24.5. The molecule has 0 spiro atoms. The number of carbonyl (C=O) groups is 2. The molecule has 0 fully saturated rings. The van der Waals surface area contributed by atoms with Crippen LogP contribution in [0.25, 0.3) is 0 Å².